The van der Waals surface area contributed by atoms with Crippen LogP contribution in [0.1, 0.15) is 6.92 Å². The van der Waals surface area contributed by atoms with Crippen LogP contribution in [0.5, 0.6) is 0 Å². The van der Waals surface area contributed by atoms with E-state index in [0.29, 0.717) is 13.2 Å². The molecule has 1 aliphatic rings. The zero-order chi connectivity index (χ0) is 10.0. The van der Waals surface area contributed by atoms with Crippen LogP contribution in [0.2, 0.25) is 0 Å². The van der Waals surface area contributed by atoms with Crippen LogP contribution >= 0.6 is 0 Å². The normalized spacial score (nSPS) is 20.5. The lowest BCUT2D eigenvalue weighted by molar-refractivity contribution is -0.125. The summed E-state index contributed by atoms with van der Waals surface area (Å²) in [5.74, 6) is 0.0128. The van der Waals surface area contributed by atoms with Crippen LogP contribution in [-0.2, 0) is 9.59 Å². The fourth-order valence-corrected chi connectivity index (χ4v) is 1.33. The zero-order valence-corrected chi connectivity index (χ0v) is 8.20. The average Bonchev–Trinajstić information content (AvgIpc) is 2.44. The number of hydrogen-bond donors (Lipinski definition) is 1. The topological polar surface area (TPSA) is 52.7 Å². The maximum atomic E-state index is 11.2. The van der Waals surface area contributed by atoms with Crippen LogP contribution in [0.4, 0.5) is 0 Å². The highest BCUT2D eigenvalue weighted by molar-refractivity contribution is 5.84. The summed E-state index contributed by atoms with van der Waals surface area (Å²) in [4.78, 5) is 25.8. The number of hydrogen-bond acceptors (Lipinski definition) is 3. The molecule has 1 heterocycles. The maximum absolute atomic E-state index is 11.2. The zero-order valence-electron chi connectivity index (χ0n) is 8.20. The second-order valence-electron chi connectivity index (χ2n) is 3.27. The predicted molar refractivity (Wildman–Crippen MR) is 47.9 cm³/mol. The van der Waals surface area contributed by atoms with Gasteiger partial charge in [-0.25, -0.2) is 0 Å². The minimum Gasteiger partial charge on any atom is -0.358 e. The van der Waals surface area contributed by atoms with Gasteiger partial charge in [0.15, 0.2) is 0 Å². The van der Waals surface area contributed by atoms with Gasteiger partial charge < -0.3 is 10.2 Å². The minimum absolute atomic E-state index is 0.0527. The van der Waals surface area contributed by atoms with E-state index >= 15 is 0 Å². The van der Waals surface area contributed by atoms with Crippen LogP contribution in [-0.4, -0.2) is 55.0 Å². The molecular formula is C8H15N3O2. The number of carbonyl (C=O) groups is 2. The maximum Gasteiger partial charge on any atom is 0.237 e. The summed E-state index contributed by atoms with van der Waals surface area (Å²) >= 11 is 0. The largest absolute Gasteiger partial charge is 0.358 e. The van der Waals surface area contributed by atoms with Crippen molar-refractivity contribution in [3.63, 3.8) is 0 Å². The van der Waals surface area contributed by atoms with Crippen molar-refractivity contribution in [1.29, 1.82) is 0 Å². The fourth-order valence-electron chi connectivity index (χ4n) is 1.33. The first kappa shape index (κ1) is 9.98. The Morgan fingerprint density at radius 1 is 1.62 bits per heavy atom. The van der Waals surface area contributed by atoms with E-state index in [-0.39, 0.29) is 17.9 Å². The summed E-state index contributed by atoms with van der Waals surface area (Å²) in [5.41, 5.74) is 0. The Labute approximate surface area is 77.7 Å². The molecule has 1 saturated heterocycles. The Bertz CT molecular complexity index is 229. The Kier molecular flexibility index (Phi) is 2.87. The third-order valence-electron chi connectivity index (χ3n) is 2.33. The van der Waals surface area contributed by atoms with Gasteiger partial charge in [-0.05, 0) is 6.92 Å². The van der Waals surface area contributed by atoms with Gasteiger partial charge >= 0.3 is 0 Å². The second-order valence-corrected chi connectivity index (χ2v) is 3.27. The van der Waals surface area contributed by atoms with Crippen molar-refractivity contribution in [1.82, 2.24) is 15.1 Å². The van der Waals surface area contributed by atoms with Gasteiger partial charge in [0.25, 0.3) is 0 Å². The lowest BCUT2D eigenvalue weighted by Crippen LogP contribution is -2.43. The number of amides is 2. The molecule has 0 radical (unpaired) electrons. The molecule has 74 valence electrons. The van der Waals surface area contributed by atoms with Gasteiger partial charge in [-0.15, -0.1) is 0 Å². The number of rotatable bonds is 2. The van der Waals surface area contributed by atoms with Crippen LogP contribution in [0.15, 0.2) is 0 Å². The van der Waals surface area contributed by atoms with E-state index in [1.807, 2.05) is 4.90 Å². The minimum atomic E-state index is -0.237. The van der Waals surface area contributed by atoms with Gasteiger partial charge in [0.1, 0.15) is 0 Å². The van der Waals surface area contributed by atoms with Crippen LogP contribution < -0.4 is 5.32 Å². The lowest BCUT2D eigenvalue weighted by Gasteiger charge is -2.20. The van der Waals surface area contributed by atoms with Crippen molar-refractivity contribution in [2.45, 2.75) is 13.0 Å². The number of nitrogens with one attached hydrogen (secondary N) is 1. The highest BCUT2D eigenvalue weighted by atomic mass is 16.2. The Hall–Kier alpha value is -1.10. The molecule has 1 fully saturated rings. The molecule has 1 unspecified atom stereocenters. The molecule has 0 spiro atoms. The first-order chi connectivity index (χ1) is 6.06. The van der Waals surface area contributed by atoms with Crippen molar-refractivity contribution < 1.29 is 9.59 Å². The molecule has 0 aromatic rings. The highest BCUT2D eigenvalue weighted by Crippen LogP contribution is 2.08. The van der Waals surface area contributed by atoms with E-state index in [0.717, 1.165) is 0 Å². The van der Waals surface area contributed by atoms with Crippen LogP contribution in [0.25, 0.3) is 0 Å². The quantitative estimate of drug-likeness (QED) is 0.591. The first-order valence-electron chi connectivity index (χ1n) is 4.26. The van der Waals surface area contributed by atoms with Crippen molar-refractivity contribution in [2.75, 3.05) is 27.3 Å². The fraction of sp³-hybridized carbons (Fsp3) is 0.750. The molecule has 1 N–H and O–H groups in total. The third kappa shape index (κ3) is 1.98. The first-order valence-corrected chi connectivity index (χ1v) is 4.26. The summed E-state index contributed by atoms with van der Waals surface area (Å²) in [6.45, 7) is 2.67. The van der Waals surface area contributed by atoms with E-state index in [2.05, 4.69) is 5.32 Å². The molecule has 13 heavy (non-hydrogen) atoms. The second kappa shape index (κ2) is 3.74. The van der Waals surface area contributed by atoms with Gasteiger partial charge in [0.2, 0.25) is 11.8 Å². The standard InChI is InChI=1S/C8H15N3O2/c1-6(8(13)9-2)11-4-7(12)10(3)5-11/h6H,4-5H2,1-3H3,(H,9,13). The predicted octanol–water partition coefficient (Wildman–Crippen LogP) is -1.15. The van der Waals surface area contributed by atoms with E-state index in [1.54, 1.807) is 25.9 Å². The molecule has 2 amide bonds. The smallest absolute Gasteiger partial charge is 0.237 e. The van der Waals surface area contributed by atoms with Crippen LogP contribution in [0, 0.1) is 0 Å². The van der Waals surface area contributed by atoms with Gasteiger partial charge in [0, 0.05) is 14.1 Å². The molecule has 0 bridgehead atoms. The van der Waals surface area contributed by atoms with E-state index < -0.39 is 0 Å². The van der Waals surface area contributed by atoms with Gasteiger partial charge in [-0.3, -0.25) is 14.5 Å². The van der Waals surface area contributed by atoms with E-state index in [4.69, 9.17) is 0 Å². The summed E-state index contributed by atoms with van der Waals surface area (Å²) in [6, 6.07) is -0.237. The average molecular weight is 185 g/mol. The molecule has 0 aromatic heterocycles. The summed E-state index contributed by atoms with van der Waals surface area (Å²) in [6.07, 6.45) is 0. The molecule has 0 aromatic carbocycles. The Morgan fingerprint density at radius 2 is 2.23 bits per heavy atom. The molecule has 1 rings (SSSR count). The van der Waals surface area contributed by atoms with Crippen molar-refractivity contribution in [3.05, 3.63) is 0 Å². The molecule has 5 nitrogen and oxygen atoms in total. The monoisotopic (exact) mass is 185 g/mol. The van der Waals surface area contributed by atoms with E-state index in [9.17, 15) is 9.59 Å². The number of likely N-dealkylation sites (N-methyl/N-ethyl adjacent to an activating group) is 2. The number of nitrogens with zero attached hydrogens (tertiary/aromatic N) is 2. The third-order valence-corrected chi connectivity index (χ3v) is 2.33. The molecule has 1 aliphatic heterocycles. The van der Waals surface area contributed by atoms with Crippen molar-refractivity contribution in [3.8, 4) is 0 Å². The highest BCUT2D eigenvalue weighted by Gasteiger charge is 2.30. The van der Waals surface area contributed by atoms with Gasteiger partial charge in [-0.1, -0.05) is 0 Å². The SMILES string of the molecule is CNC(=O)C(C)N1CC(=O)N(C)C1. The van der Waals surface area contributed by atoms with E-state index in [1.165, 1.54) is 0 Å². The van der Waals surface area contributed by atoms with Crippen molar-refractivity contribution in [2.24, 2.45) is 0 Å². The Balaban J connectivity index is 2.55. The number of carbonyl (C=O) groups excluding carboxylic acids is 2. The summed E-state index contributed by atoms with van der Waals surface area (Å²) in [7, 11) is 3.33. The van der Waals surface area contributed by atoms with Gasteiger partial charge in [0.05, 0.1) is 19.3 Å². The molecule has 0 aliphatic carbocycles. The van der Waals surface area contributed by atoms with Crippen LogP contribution in [0.3, 0.4) is 0 Å². The molecular weight excluding hydrogens is 170 g/mol. The van der Waals surface area contributed by atoms with Gasteiger partial charge in [-0.2, -0.15) is 0 Å². The van der Waals surface area contributed by atoms with Crippen molar-refractivity contribution >= 4 is 11.8 Å². The molecule has 1 atom stereocenters. The summed E-state index contributed by atoms with van der Waals surface area (Å²) < 4.78 is 0. The molecule has 0 saturated carbocycles. The molecule has 5 heteroatoms. The lowest BCUT2D eigenvalue weighted by atomic mass is 10.3. The summed E-state index contributed by atoms with van der Waals surface area (Å²) in [5, 5.41) is 2.56. The Morgan fingerprint density at radius 3 is 2.62 bits per heavy atom.